The Morgan fingerprint density at radius 2 is 1.96 bits per heavy atom. The SMILES string of the molecule is Cc1ccc(C)c(OCn2ccc(C(=O)N(C)Cc3ccn(C)n3)n2)c1. The fraction of sp³-hybridized carbons (Fsp3) is 0.316. The van der Waals surface area contributed by atoms with Gasteiger partial charge in [-0.3, -0.25) is 9.48 Å². The van der Waals surface area contributed by atoms with Crippen molar-refractivity contribution in [3.8, 4) is 5.75 Å². The summed E-state index contributed by atoms with van der Waals surface area (Å²) in [4.78, 5) is 14.1. The molecule has 0 saturated carbocycles. The van der Waals surface area contributed by atoms with Crippen molar-refractivity contribution >= 4 is 5.91 Å². The zero-order valence-electron chi connectivity index (χ0n) is 15.5. The van der Waals surface area contributed by atoms with Gasteiger partial charge in [-0.25, -0.2) is 4.68 Å². The predicted molar refractivity (Wildman–Crippen MR) is 97.8 cm³/mol. The number of carbonyl (C=O) groups excluding carboxylic acids is 1. The van der Waals surface area contributed by atoms with Crippen molar-refractivity contribution in [3.05, 3.63) is 65.2 Å². The highest BCUT2D eigenvalue weighted by Gasteiger charge is 2.16. The number of aryl methyl sites for hydroxylation is 3. The fourth-order valence-electron chi connectivity index (χ4n) is 2.60. The molecule has 1 aromatic carbocycles. The minimum absolute atomic E-state index is 0.152. The minimum Gasteiger partial charge on any atom is -0.471 e. The van der Waals surface area contributed by atoms with Gasteiger partial charge in [-0.05, 0) is 43.2 Å². The molecule has 0 aliphatic heterocycles. The van der Waals surface area contributed by atoms with Gasteiger partial charge < -0.3 is 9.64 Å². The lowest BCUT2D eigenvalue weighted by Crippen LogP contribution is -2.27. The second-order valence-corrected chi connectivity index (χ2v) is 6.42. The predicted octanol–water partition coefficient (Wildman–Crippen LogP) is 2.54. The molecule has 0 aliphatic rings. The Hall–Kier alpha value is -3.09. The van der Waals surface area contributed by atoms with Crippen LogP contribution in [0.3, 0.4) is 0 Å². The lowest BCUT2D eigenvalue weighted by Gasteiger charge is -2.14. The van der Waals surface area contributed by atoms with Gasteiger partial charge in [0.25, 0.3) is 5.91 Å². The summed E-state index contributed by atoms with van der Waals surface area (Å²) in [5, 5.41) is 8.61. The summed E-state index contributed by atoms with van der Waals surface area (Å²) in [6, 6.07) is 9.65. The van der Waals surface area contributed by atoms with Crippen LogP contribution in [-0.4, -0.2) is 37.4 Å². The van der Waals surface area contributed by atoms with Crippen LogP contribution in [0, 0.1) is 13.8 Å². The Bertz CT molecular complexity index is 912. The van der Waals surface area contributed by atoms with Crippen molar-refractivity contribution in [1.82, 2.24) is 24.5 Å². The van der Waals surface area contributed by atoms with E-state index in [0.29, 0.717) is 12.2 Å². The standard InChI is InChI=1S/C19H23N5O2/c1-14-5-6-15(2)18(11-14)26-13-24-10-8-17(21-24)19(25)22(3)12-16-7-9-23(4)20-16/h5-11H,12-13H2,1-4H3. The van der Waals surface area contributed by atoms with E-state index in [1.165, 1.54) is 0 Å². The number of nitrogens with zero attached hydrogens (tertiary/aromatic N) is 5. The second-order valence-electron chi connectivity index (χ2n) is 6.42. The first-order chi connectivity index (χ1) is 12.4. The topological polar surface area (TPSA) is 65.2 Å². The highest BCUT2D eigenvalue weighted by molar-refractivity contribution is 5.91. The molecule has 3 rings (SSSR count). The number of hydrogen-bond donors (Lipinski definition) is 0. The fourth-order valence-corrected chi connectivity index (χ4v) is 2.60. The maximum atomic E-state index is 12.5. The van der Waals surface area contributed by atoms with E-state index < -0.39 is 0 Å². The highest BCUT2D eigenvalue weighted by atomic mass is 16.5. The lowest BCUT2D eigenvalue weighted by atomic mass is 10.1. The van der Waals surface area contributed by atoms with Crippen molar-refractivity contribution < 1.29 is 9.53 Å². The lowest BCUT2D eigenvalue weighted by molar-refractivity contribution is 0.0775. The molecule has 0 atom stereocenters. The molecule has 0 radical (unpaired) electrons. The number of rotatable bonds is 6. The van der Waals surface area contributed by atoms with Gasteiger partial charge in [-0.1, -0.05) is 12.1 Å². The molecule has 0 N–H and O–H groups in total. The van der Waals surface area contributed by atoms with Crippen molar-refractivity contribution in [2.45, 2.75) is 27.1 Å². The van der Waals surface area contributed by atoms with Crippen molar-refractivity contribution in [3.63, 3.8) is 0 Å². The third kappa shape index (κ3) is 4.11. The maximum Gasteiger partial charge on any atom is 0.274 e. The van der Waals surface area contributed by atoms with E-state index in [9.17, 15) is 4.79 Å². The molecular weight excluding hydrogens is 330 g/mol. The minimum atomic E-state index is -0.152. The molecular formula is C19H23N5O2. The van der Waals surface area contributed by atoms with Crippen LogP contribution < -0.4 is 4.74 Å². The summed E-state index contributed by atoms with van der Waals surface area (Å²) in [6.07, 6.45) is 3.60. The molecule has 1 amide bonds. The Kier molecular flexibility index (Phi) is 5.06. The largest absolute Gasteiger partial charge is 0.471 e. The van der Waals surface area contributed by atoms with Crippen LogP contribution in [0.25, 0.3) is 0 Å². The number of benzene rings is 1. The molecule has 3 aromatic rings. The van der Waals surface area contributed by atoms with E-state index >= 15 is 0 Å². The van der Waals surface area contributed by atoms with Crippen molar-refractivity contribution in [1.29, 1.82) is 0 Å². The summed E-state index contributed by atoms with van der Waals surface area (Å²) < 4.78 is 9.15. The first kappa shape index (κ1) is 17.7. The summed E-state index contributed by atoms with van der Waals surface area (Å²) in [7, 11) is 3.59. The summed E-state index contributed by atoms with van der Waals surface area (Å²) in [5.41, 5.74) is 3.42. The van der Waals surface area contributed by atoms with Gasteiger partial charge in [0, 0.05) is 26.5 Å². The Balaban J connectivity index is 1.61. The van der Waals surface area contributed by atoms with Gasteiger partial charge >= 0.3 is 0 Å². The third-order valence-electron chi connectivity index (χ3n) is 4.07. The van der Waals surface area contributed by atoms with E-state index in [4.69, 9.17) is 4.74 Å². The average molecular weight is 353 g/mol. The quantitative estimate of drug-likeness (QED) is 0.683. The van der Waals surface area contributed by atoms with E-state index in [1.807, 2.05) is 51.4 Å². The highest BCUT2D eigenvalue weighted by Crippen LogP contribution is 2.19. The van der Waals surface area contributed by atoms with Crippen LogP contribution in [-0.2, 0) is 20.3 Å². The van der Waals surface area contributed by atoms with Crippen LogP contribution in [0.15, 0.2) is 42.7 Å². The Morgan fingerprint density at radius 1 is 1.15 bits per heavy atom. The van der Waals surface area contributed by atoms with Gasteiger partial charge in [0.05, 0.1) is 12.2 Å². The van der Waals surface area contributed by atoms with Gasteiger partial charge in [0.2, 0.25) is 0 Å². The average Bonchev–Trinajstić information content (AvgIpc) is 3.24. The van der Waals surface area contributed by atoms with Crippen molar-refractivity contribution in [2.75, 3.05) is 7.05 Å². The molecule has 136 valence electrons. The number of aromatic nitrogens is 4. The van der Waals surface area contributed by atoms with Crippen LogP contribution in [0.1, 0.15) is 27.3 Å². The summed E-state index contributed by atoms with van der Waals surface area (Å²) in [5.74, 6) is 0.668. The third-order valence-corrected chi connectivity index (χ3v) is 4.07. The van der Waals surface area contributed by atoms with Crippen LogP contribution in [0.2, 0.25) is 0 Å². The number of hydrogen-bond acceptors (Lipinski definition) is 4. The number of carbonyl (C=O) groups is 1. The van der Waals surface area contributed by atoms with E-state index in [0.717, 1.165) is 22.6 Å². The van der Waals surface area contributed by atoms with Crippen LogP contribution in [0.4, 0.5) is 0 Å². The van der Waals surface area contributed by atoms with Crippen LogP contribution in [0.5, 0.6) is 5.75 Å². The summed E-state index contributed by atoms with van der Waals surface area (Å²) >= 11 is 0. The Labute approximate surface area is 152 Å². The molecule has 0 bridgehead atoms. The smallest absolute Gasteiger partial charge is 0.274 e. The van der Waals surface area contributed by atoms with Gasteiger partial charge in [-0.15, -0.1) is 0 Å². The zero-order valence-corrected chi connectivity index (χ0v) is 15.5. The first-order valence-corrected chi connectivity index (χ1v) is 8.40. The van der Waals surface area contributed by atoms with Crippen molar-refractivity contribution in [2.24, 2.45) is 7.05 Å². The molecule has 2 aromatic heterocycles. The first-order valence-electron chi connectivity index (χ1n) is 8.40. The van der Waals surface area contributed by atoms with E-state index in [1.54, 1.807) is 33.6 Å². The Morgan fingerprint density at radius 3 is 2.69 bits per heavy atom. The second kappa shape index (κ2) is 7.43. The number of amides is 1. The van der Waals surface area contributed by atoms with Crippen LogP contribution >= 0.6 is 0 Å². The zero-order chi connectivity index (χ0) is 18.7. The molecule has 0 saturated heterocycles. The molecule has 7 nitrogen and oxygen atoms in total. The summed E-state index contributed by atoms with van der Waals surface area (Å²) in [6.45, 7) is 4.71. The molecule has 0 aliphatic carbocycles. The molecule has 0 spiro atoms. The molecule has 2 heterocycles. The van der Waals surface area contributed by atoms with E-state index in [-0.39, 0.29) is 12.6 Å². The number of ether oxygens (including phenoxy) is 1. The normalized spacial score (nSPS) is 10.8. The molecule has 0 unspecified atom stereocenters. The van der Waals surface area contributed by atoms with Gasteiger partial charge in [0.1, 0.15) is 5.75 Å². The maximum absolute atomic E-state index is 12.5. The van der Waals surface area contributed by atoms with Gasteiger partial charge in [-0.2, -0.15) is 10.2 Å². The van der Waals surface area contributed by atoms with E-state index in [2.05, 4.69) is 10.2 Å². The molecule has 26 heavy (non-hydrogen) atoms. The molecule has 0 fully saturated rings. The molecule has 7 heteroatoms. The monoisotopic (exact) mass is 353 g/mol. The van der Waals surface area contributed by atoms with Gasteiger partial charge in [0.15, 0.2) is 12.4 Å².